The van der Waals surface area contributed by atoms with E-state index < -0.39 is 11.9 Å². The van der Waals surface area contributed by atoms with Crippen LogP contribution in [-0.4, -0.2) is 24.2 Å². The highest BCUT2D eigenvalue weighted by Gasteiger charge is 2.20. The van der Waals surface area contributed by atoms with E-state index in [1.165, 1.54) is 7.11 Å². The van der Waals surface area contributed by atoms with E-state index in [0.29, 0.717) is 22.5 Å². The summed E-state index contributed by atoms with van der Waals surface area (Å²) < 4.78 is 4.89. The number of nitrogens with one attached hydrogen (secondary N) is 1. The molecule has 126 valence electrons. The Labute approximate surface area is 141 Å². The van der Waals surface area contributed by atoms with Crippen molar-refractivity contribution in [1.82, 2.24) is 0 Å². The van der Waals surface area contributed by atoms with E-state index in [9.17, 15) is 14.7 Å². The Bertz CT molecular complexity index is 825. The third kappa shape index (κ3) is 3.11. The Balaban J connectivity index is 2.66. The molecule has 0 radical (unpaired) electrons. The molecule has 0 aliphatic carbocycles. The third-order valence-electron chi connectivity index (χ3n) is 4.22. The molecule has 0 aliphatic heterocycles. The smallest absolute Gasteiger partial charge is 0.340 e. The Morgan fingerprint density at radius 2 is 1.50 bits per heavy atom. The molecular formula is C19H21NO4. The highest BCUT2D eigenvalue weighted by molar-refractivity contribution is 6.01. The number of carbonyl (C=O) groups excluding carboxylic acids is 1. The van der Waals surface area contributed by atoms with Crippen molar-refractivity contribution in [2.45, 2.75) is 27.7 Å². The predicted octanol–water partition coefficient (Wildman–Crippen LogP) is 4.15. The molecule has 0 spiro atoms. The van der Waals surface area contributed by atoms with Crippen molar-refractivity contribution in [2.75, 3.05) is 12.4 Å². The first-order valence-corrected chi connectivity index (χ1v) is 7.57. The molecule has 0 saturated heterocycles. The van der Waals surface area contributed by atoms with E-state index in [2.05, 4.69) is 5.32 Å². The summed E-state index contributed by atoms with van der Waals surface area (Å²) in [5.74, 6) is -1.47. The standard InChI is InChI=1S/C19H21NO4/c1-10-8-9-14(16(13(10)4)19(23)24-5)20-17-12(3)7-6-11(2)15(17)18(21)22/h6-9,20H,1-5H3,(H,21,22). The zero-order chi connectivity index (χ0) is 18.0. The van der Waals surface area contributed by atoms with Crippen molar-refractivity contribution in [3.8, 4) is 0 Å². The molecule has 5 heteroatoms. The first kappa shape index (κ1) is 17.5. The summed E-state index contributed by atoms with van der Waals surface area (Å²) in [6, 6.07) is 7.27. The normalized spacial score (nSPS) is 10.4. The van der Waals surface area contributed by atoms with Crippen LogP contribution < -0.4 is 5.32 Å². The van der Waals surface area contributed by atoms with Crippen molar-refractivity contribution < 1.29 is 19.4 Å². The van der Waals surface area contributed by atoms with Gasteiger partial charge in [0.1, 0.15) is 0 Å². The van der Waals surface area contributed by atoms with Crippen LogP contribution in [0, 0.1) is 27.7 Å². The molecule has 0 aromatic heterocycles. The van der Waals surface area contributed by atoms with Crippen molar-refractivity contribution in [3.63, 3.8) is 0 Å². The minimum absolute atomic E-state index is 0.198. The van der Waals surface area contributed by atoms with Crippen LogP contribution in [0.25, 0.3) is 0 Å². The summed E-state index contributed by atoms with van der Waals surface area (Å²) in [7, 11) is 1.33. The maximum absolute atomic E-state index is 12.2. The Kier molecular flexibility index (Phi) is 4.93. The fourth-order valence-electron chi connectivity index (χ4n) is 2.67. The van der Waals surface area contributed by atoms with E-state index >= 15 is 0 Å². The van der Waals surface area contributed by atoms with Crippen LogP contribution in [-0.2, 0) is 4.74 Å². The van der Waals surface area contributed by atoms with Gasteiger partial charge in [-0.2, -0.15) is 0 Å². The quantitative estimate of drug-likeness (QED) is 0.825. The number of methoxy groups -OCH3 is 1. The lowest BCUT2D eigenvalue weighted by Gasteiger charge is -2.18. The summed E-state index contributed by atoms with van der Waals surface area (Å²) in [6.07, 6.45) is 0. The number of hydrogen-bond acceptors (Lipinski definition) is 4. The van der Waals surface area contributed by atoms with Crippen LogP contribution in [0.4, 0.5) is 11.4 Å². The molecule has 0 aliphatic rings. The zero-order valence-corrected chi connectivity index (χ0v) is 14.5. The topological polar surface area (TPSA) is 75.6 Å². The van der Waals surface area contributed by atoms with Crippen molar-refractivity contribution in [2.24, 2.45) is 0 Å². The van der Waals surface area contributed by atoms with E-state index in [4.69, 9.17) is 4.74 Å². The molecule has 2 aromatic carbocycles. The number of anilines is 2. The lowest BCUT2D eigenvalue weighted by atomic mass is 9.99. The summed E-state index contributed by atoms with van der Waals surface area (Å²) in [5, 5.41) is 12.7. The van der Waals surface area contributed by atoms with Gasteiger partial charge in [-0.3, -0.25) is 0 Å². The van der Waals surface area contributed by atoms with Gasteiger partial charge in [-0.1, -0.05) is 18.2 Å². The average molecular weight is 327 g/mol. The molecule has 2 aromatic rings. The van der Waals surface area contributed by atoms with Gasteiger partial charge in [-0.25, -0.2) is 9.59 Å². The molecule has 2 N–H and O–H groups in total. The molecule has 24 heavy (non-hydrogen) atoms. The number of carbonyl (C=O) groups is 2. The Hall–Kier alpha value is -2.82. The van der Waals surface area contributed by atoms with Crippen LogP contribution in [0.5, 0.6) is 0 Å². The van der Waals surface area contributed by atoms with Crippen molar-refractivity contribution in [1.29, 1.82) is 0 Å². The minimum Gasteiger partial charge on any atom is -0.478 e. The molecule has 0 heterocycles. The molecule has 0 fully saturated rings. The summed E-state index contributed by atoms with van der Waals surface area (Å²) in [5.41, 5.74) is 4.82. The molecule has 0 bridgehead atoms. The van der Waals surface area contributed by atoms with Crippen LogP contribution in [0.1, 0.15) is 43.0 Å². The number of hydrogen-bond donors (Lipinski definition) is 2. The fraction of sp³-hybridized carbons (Fsp3) is 0.263. The third-order valence-corrected chi connectivity index (χ3v) is 4.22. The largest absolute Gasteiger partial charge is 0.478 e. The SMILES string of the molecule is COC(=O)c1c(Nc2c(C)ccc(C)c2C(=O)O)ccc(C)c1C. The lowest BCUT2D eigenvalue weighted by Crippen LogP contribution is -2.12. The number of ether oxygens (including phenoxy) is 1. The number of carboxylic acid groups (broad SMARTS) is 1. The number of benzene rings is 2. The van der Waals surface area contributed by atoms with Gasteiger partial charge in [0.05, 0.1) is 29.6 Å². The van der Waals surface area contributed by atoms with E-state index in [1.807, 2.05) is 32.9 Å². The van der Waals surface area contributed by atoms with Gasteiger partial charge in [0.25, 0.3) is 0 Å². The lowest BCUT2D eigenvalue weighted by molar-refractivity contribution is 0.0600. The van der Waals surface area contributed by atoms with Gasteiger partial charge in [-0.05, 0) is 56.0 Å². The average Bonchev–Trinajstić information content (AvgIpc) is 2.53. The van der Waals surface area contributed by atoms with Crippen molar-refractivity contribution >= 4 is 23.3 Å². The fourth-order valence-corrected chi connectivity index (χ4v) is 2.67. The molecule has 2 rings (SSSR count). The van der Waals surface area contributed by atoms with Gasteiger partial charge < -0.3 is 15.2 Å². The Morgan fingerprint density at radius 3 is 2.08 bits per heavy atom. The maximum atomic E-state index is 12.2. The van der Waals surface area contributed by atoms with Crippen LogP contribution in [0.3, 0.4) is 0 Å². The van der Waals surface area contributed by atoms with Crippen molar-refractivity contribution in [3.05, 3.63) is 57.6 Å². The van der Waals surface area contributed by atoms with Crippen LogP contribution in [0.2, 0.25) is 0 Å². The minimum atomic E-state index is -1.01. The summed E-state index contributed by atoms with van der Waals surface area (Å²) >= 11 is 0. The molecule has 0 amide bonds. The second-order valence-electron chi connectivity index (χ2n) is 5.80. The molecule has 0 unspecified atom stereocenters. The molecular weight excluding hydrogens is 306 g/mol. The number of esters is 1. The number of aryl methyl sites for hydroxylation is 3. The highest BCUT2D eigenvalue weighted by Crippen LogP contribution is 2.31. The first-order chi connectivity index (χ1) is 11.3. The number of carboxylic acids is 1. The second-order valence-corrected chi connectivity index (χ2v) is 5.80. The Morgan fingerprint density at radius 1 is 0.917 bits per heavy atom. The predicted molar refractivity (Wildman–Crippen MR) is 93.4 cm³/mol. The van der Waals surface area contributed by atoms with Gasteiger partial charge in [0, 0.05) is 0 Å². The molecule has 0 atom stereocenters. The van der Waals surface area contributed by atoms with E-state index in [0.717, 1.165) is 16.7 Å². The molecule has 5 nitrogen and oxygen atoms in total. The van der Waals surface area contributed by atoms with E-state index in [1.54, 1.807) is 19.1 Å². The van der Waals surface area contributed by atoms with Gasteiger partial charge in [0.2, 0.25) is 0 Å². The molecule has 0 saturated carbocycles. The maximum Gasteiger partial charge on any atom is 0.340 e. The van der Waals surface area contributed by atoms with Gasteiger partial charge in [0.15, 0.2) is 0 Å². The number of rotatable bonds is 4. The second kappa shape index (κ2) is 6.74. The van der Waals surface area contributed by atoms with E-state index in [-0.39, 0.29) is 5.56 Å². The zero-order valence-electron chi connectivity index (χ0n) is 14.5. The monoisotopic (exact) mass is 327 g/mol. The van der Waals surface area contributed by atoms with Crippen LogP contribution in [0.15, 0.2) is 24.3 Å². The van der Waals surface area contributed by atoms with Crippen LogP contribution >= 0.6 is 0 Å². The van der Waals surface area contributed by atoms with Gasteiger partial charge in [-0.15, -0.1) is 0 Å². The van der Waals surface area contributed by atoms with Gasteiger partial charge >= 0.3 is 11.9 Å². The summed E-state index contributed by atoms with van der Waals surface area (Å²) in [4.78, 5) is 23.8. The highest BCUT2D eigenvalue weighted by atomic mass is 16.5. The first-order valence-electron chi connectivity index (χ1n) is 7.57. The summed E-state index contributed by atoms with van der Waals surface area (Å²) in [6.45, 7) is 7.32. The number of aromatic carboxylic acids is 1.